The van der Waals surface area contributed by atoms with Gasteiger partial charge in [0.2, 0.25) is 5.91 Å². The number of thiophene rings is 1. The van der Waals surface area contributed by atoms with Crippen LogP contribution in [0.2, 0.25) is 5.02 Å². The zero-order chi connectivity index (χ0) is 25.8. The highest BCUT2D eigenvalue weighted by atomic mass is 35.5. The summed E-state index contributed by atoms with van der Waals surface area (Å²) in [6.45, 7) is 2.97. The number of carbonyl (C=O) groups excluding carboxylic acids is 2. The van der Waals surface area contributed by atoms with Crippen LogP contribution in [-0.4, -0.2) is 41.3 Å². The van der Waals surface area contributed by atoms with Crippen LogP contribution in [0.5, 0.6) is 5.75 Å². The Morgan fingerprint density at radius 2 is 1.92 bits per heavy atom. The lowest BCUT2D eigenvalue weighted by molar-refractivity contribution is -0.135. The molecule has 4 aromatic rings. The predicted molar refractivity (Wildman–Crippen MR) is 144 cm³/mol. The topological polar surface area (TPSA) is 63.0 Å². The molecular formula is C29H27ClN2O4S. The van der Waals surface area contributed by atoms with Crippen LogP contribution in [0.3, 0.4) is 0 Å². The van der Waals surface area contributed by atoms with Crippen LogP contribution in [0.25, 0.3) is 0 Å². The summed E-state index contributed by atoms with van der Waals surface area (Å²) in [5, 5.41) is 2.40. The monoisotopic (exact) mass is 534 g/mol. The number of hydrogen-bond donors (Lipinski definition) is 0. The van der Waals surface area contributed by atoms with Gasteiger partial charge >= 0.3 is 0 Å². The standard InChI is InChI=1S/C29H27ClN2O4S/c1-20-8-10-21(11-9-20)36-19-26-24-13-16-37-27(24)12-14-32(26)28(33)18-31(17-22-5-4-15-35-22)29(34)23-6-2-3-7-25(23)30/h2-11,13,15-16,26H,12,14,17-19H2,1H3. The molecular weight excluding hydrogens is 508 g/mol. The summed E-state index contributed by atoms with van der Waals surface area (Å²) in [5.74, 6) is 0.872. The van der Waals surface area contributed by atoms with Crippen LogP contribution < -0.4 is 4.74 Å². The number of rotatable bonds is 8. The van der Waals surface area contributed by atoms with E-state index in [-0.39, 0.29) is 30.9 Å². The predicted octanol–water partition coefficient (Wildman–Crippen LogP) is 6.15. The number of amides is 2. The van der Waals surface area contributed by atoms with Crippen LogP contribution in [0.1, 0.15) is 38.2 Å². The van der Waals surface area contributed by atoms with Gasteiger partial charge in [-0.3, -0.25) is 9.59 Å². The molecule has 0 N–H and O–H groups in total. The van der Waals surface area contributed by atoms with Crippen molar-refractivity contribution in [3.63, 3.8) is 0 Å². The lowest BCUT2D eigenvalue weighted by Gasteiger charge is -2.37. The van der Waals surface area contributed by atoms with Crippen molar-refractivity contribution in [2.24, 2.45) is 0 Å². The smallest absolute Gasteiger partial charge is 0.256 e. The molecule has 0 bridgehead atoms. The third kappa shape index (κ3) is 5.73. The first-order chi connectivity index (χ1) is 18.0. The van der Waals surface area contributed by atoms with Gasteiger partial charge in [0.15, 0.2) is 0 Å². The van der Waals surface area contributed by atoms with Crippen LogP contribution in [-0.2, 0) is 17.8 Å². The first kappa shape index (κ1) is 25.1. The minimum absolute atomic E-state index is 0.106. The van der Waals surface area contributed by atoms with Crippen molar-refractivity contribution in [1.82, 2.24) is 9.80 Å². The van der Waals surface area contributed by atoms with Crippen molar-refractivity contribution >= 4 is 34.8 Å². The van der Waals surface area contributed by atoms with E-state index < -0.39 is 0 Å². The Kier molecular flexibility index (Phi) is 7.63. The van der Waals surface area contributed by atoms with E-state index >= 15 is 0 Å². The van der Waals surface area contributed by atoms with E-state index in [1.807, 2.05) is 36.1 Å². The van der Waals surface area contributed by atoms with Crippen molar-refractivity contribution in [3.8, 4) is 5.75 Å². The molecule has 2 aromatic carbocycles. The van der Waals surface area contributed by atoms with Crippen LogP contribution in [0.4, 0.5) is 0 Å². The first-order valence-electron chi connectivity index (χ1n) is 12.1. The van der Waals surface area contributed by atoms with Crippen LogP contribution in [0, 0.1) is 6.92 Å². The zero-order valence-corrected chi connectivity index (χ0v) is 22.0. The molecule has 0 saturated heterocycles. The molecule has 0 aliphatic carbocycles. The summed E-state index contributed by atoms with van der Waals surface area (Å²) in [4.78, 5) is 31.9. The molecule has 0 saturated carbocycles. The maximum Gasteiger partial charge on any atom is 0.256 e. The minimum atomic E-state index is -0.323. The molecule has 6 nitrogen and oxygen atoms in total. The number of aryl methyl sites for hydroxylation is 1. The average molecular weight is 535 g/mol. The molecule has 190 valence electrons. The van der Waals surface area contributed by atoms with Crippen molar-refractivity contribution < 1.29 is 18.7 Å². The van der Waals surface area contributed by atoms with E-state index in [1.165, 1.54) is 9.78 Å². The molecule has 1 aliphatic heterocycles. The highest BCUT2D eigenvalue weighted by molar-refractivity contribution is 7.10. The Bertz CT molecular complexity index is 1370. The lowest BCUT2D eigenvalue weighted by atomic mass is 10.0. The number of hydrogen-bond acceptors (Lipinski definition) is 5. The Balaban J connectivity index is 1.38. The van der Waals surface area contributed by atoms with Crippen molar-refractivity contribution in [2.45, 2.75) is 25.9 Å². The normalized spacial score (nSPS) is 14.8. The van der Waals surface area contributed by atoms with Gasteiger partial charge in [-0.1, -0.05) is 41.4 Å². The maximum atomic E-state index is 13.8. The van der Waals surface area contributed by atoms with E-state index in [0.717, 1.165) is 23.3 Å². The molecule has 1 unspecified atom stereocenters. The fourth-order valence-electron chi connectivity index (χ4n) is 4.53. The third-order valence-corrected chi connectivity index (χ3v) is 7.81. The molecule has 2 aromatic heterocycles. The number of benzene rings is 2. The first-order valence-corrected chi connectivity index (χ1v) is 13.4. The van der Waals surface area contributed by atoms with Crippen molar-refractivity contribution in [3.05, 3.63) is 111 Å². The summed E-state index contributed by atoms with van der Waals surface area (Å²) < 4.78 is 11.6. The minimum Gasteiger partial charge on any atom is -0.491 e. The summed E-state index contributed by atoms with van der Waals surface area (Å²) in [7, 11) is 0. The molecule has 0 spiro atoms. The third-order valence-electron chi connectivity index (χ3n) is 6.49. The zero-order valence-electron chi connectivity index (χ0n) is 20.4. The Morgan fingerprint density at radius 3 is 2.68 bits per heavy atom. The van der Waals surface area contributed by atoms with E-state index in [9.17, 15) is 9.59 Å². The molecule has 3 heterocycles. The molecule has 5 rings (SSSR count). The number of nitrogens with zero attached hydrogens (tertiary/aromatic N) is 2. The van der Waals surface area contributed by atoms with Gasteiger partial charge in [-0.2, -0.15) is 0 Å². The molecule has 2 amide bonds. The molecule has 8 heteroatoms. The van der Waals surface area contributed by atoms with Gasteiger partial charge in [0.25, 0.3) is 5.91 Å². The SMILES string of the molecule is Cc1ccc(OCC2c3ccsc3CCN2C(=O)CN(Cc2ccco2)C(=O)c2ccccc2Cl)cc1. The van der Waals surface area contributed by atoms with Crippen LogP contribution in [0.15, 0.2) is 82.8 Å². The number of furan rings is 1. The Hall–Kier alpha value is -3.55. The maximum absolute atomic E-state index is 13.8. The highest BCUT2D eigenvalue weighted by Gasteiger charge is 2.34. The van der Waals surface area contributed by atoms with Crippen LogP contribution >= 0.6 is 22.9 Å². The van der Waals surface area contributed by atoms with E-state index in [0.29, 0.717) is 29.5 Å². The number of carbonyl (C=O) groups is 2. The van der Waals surface area contributed by atoms with Crippen molar-refractivity contribution in [1.29, 1.82) is 0 Å². The fourth-order valence-corrected chi connectivity index (χ4v) is 5.68. The molecule has 0 fully saturated rings. The Morgan fingerprint density at radius 1 is 1.11 bits per heavy atom. The molecule has 1 atom stereocenters. The fraction of sp³-hybridized carbons (Fsp3) is 0.241. The van der Waals surface area contributed by atoms with Gasteiger partial charge in [0, 0.05) is 11.4 Å². The Labute approximate surface area is 225 Å². The molecule has 0 radical (unpaired) electrons. The van der Waals surface area contributed by atoms with E-state index in [2.05, 4.69) is 11.4 Å². The van der Waals surface area contributed by atoms with Gasteiger partial charge in [-0.25, -0.2) is 0 Å². The quantitative estimate of drug-likeness (QED) is 0.272. The second-order valence-corrected chi connectivity index (χ2v) is 10.4. The number of fused-ring (bicyclic) bond motifs is 1. The molecule has 37 heavy (non-hydrogen) atoms. The molecule has 1 aliphatic rings. The van der Waals surface area contributed by atoms with E-state index in [1.54, 1.807) is 54.0 Å². The van der Waals surface area contributed by atoms with E-state index in [4.69, 9.17) is 20.8 Å². The van der Waals surface area contributed by atoms with Gasteiger partial charge in [-0.05, 0) is 66.8 Å². The second kappa shape index (κ2) is 11.2. The summed E-state index contributed by atoms with van der Waals surface area (Å²) in [6, 6.07) is 20.1. The highest BCUT2D eigenvalue weighted by Crippen LogP contribution is 2.34. The number of halogens is 1. The lowest BCUT2D eigenvalue weighted by Crippen LogP contribution is -2.47. The van der Waals surface area contributed by atoms with Gasteiger partial charge in [0.05, 0.1) is 29.4 Å². The van der Waals surface area contributed by atoms with Gasteiger partial charge in [0.1, 0.15) is 24.7 Å². The number of ether oxygens (including phenoxy) is 1. The van der Waals surface area contributed by atoms with Gasteiger partial charge < -0.3 is 19.0 Å². The largest absolute Gasteiger partial charge is 0.491 e. The average Bonchev–Trinajstić information content (AvgIpc) is 3.60. The summed E-state index contributed by atoms with van der Waals surface area (Å²) >= 11 is 8.03. The second-order valence-electron chi connectivity index (χ2n) is 9.00. The van der Waals surface area contributed by atoms with Gasteiger partial charge in [-0.15, -0.1) is 11.3 Å². The van der Waals surface area contributed by atoms with Crippen molar-refractivity contribution in [2.75, 3.05) is 19.7 Å². The summed E-state index contributed by atoms with van der Waals surface area (Å²) in [5.41, 5.74) is 2.61. The summed E-state index contributed by atoms with van der Waals surface area (Å²) in [6.07, 6.45) is 2.33.